The van der Waals surface area contributed by atoms with E-state index in [1.54, 1.807) is 0 Å². The second kappa shape index (κ2) is 8.34. The average Bonchev–Trinajstić information content (AvgIpc) is 2.73. The quantitative estimate of drug-likeness (QED) is 0.231. The van der Waals surface area contributed by atoms with Gasteiger partial charge in [0, 0.05) is 0 Å². The first kappa shape index (κ1) is 22.2. The summed E-state index contributed by atoms with van der Waals surface area (Å²) in [6.07, 6.45) is 0. The molecule has 0 saturated carbocycles. The van der Waals surface area contributed by atoms with Crippen molar-refractivity contribution >= 4 is 58.6 Å². The van der Waals surface area contributed by atoms with E-state index < -0.39 is 15.5 Å². The summed E-state index contributed by atoms with van der Waals surface area (Å²) in [7, 11) is 0. The van der Waals surface area contributed by atoms with Gasteiger partial charge in [-0.05, 0) is 0 Å². The van der Waals surface area contributed by atoms with Crippen LogP contribution >= 0.6 is 36.7 Å². The van der Waals surface area contributed by atoms with Gasteiger partial charge in [-0.3, -0.25) is 0 Å². The van der Waals surface area contributed by atoms with Gasteiger partial charge in [-0.2, -0.15) is 0 Å². The minimum atomic E-state index is -3.46. The van der Waals surface area contributed by atoms with Crippen molar-refractivity contribution in [3.63, 3.8) is 0 Å². The van der Waals surface area contributed by atoms with Crippen molar-refractivity contribution in [1.82, 2.24) is 0 Å². The Balaban J connectivity index is 2.41. The van der Waals surface area contributed by atoms with Crippen LogP contribution in [-0.2, 0) is 9.53 Å². The molecule has 0 fully saturated rings. The SMILES string of the molecule is CC(C)(C)OC(=O)C(Br)P(Br)(c1ccccc1)(c1ccccc1)c1ccccc1. The molecule has 1 unspecified atom stereocenters. The molecule has 1 atom stereocenters. The molecule has 0 aliphatic carbocycles. The van der Waals surface area contributed by atoms with Crippen molar-refractivity contribution in [1.29, 1.82) is 0 Å². The normalized spacial score (nSPS) is 14.4. The van der Waals surface area contributed by atoms with Crippen molar-refractivity contribution < 1.29 is 9.53 Å². The van der Waals surface area contributed by atoms with Crippen LogP contribution in [0, 0.1) is 0 Å². The van der Waals surface area contributed by atoms with E-state index in [-0.39, 0.29) is 5.97 Å². The van der Waals surface area contributed by atoms with Gasteiger partial charge in [-0.1, -0.05) is 0 Å². The molecule has 3 aromatic rings. The van der Waals surface area contributed by atoms with E-state index in [9.17, 15) is 4.79 Å². The van der Waals surface area contributed by atoms with Gasteiger partial charge < -0.3 is 0 Å². The fourth-order valence-electron chi connectivity index (χ4n) is 3.55. The molecule has 5 heteroatoms. The summed E-state index contributed by atoms with van der Waals surface area (Å²) in [5.74, 6) is -0.288. The van der Waals surface area contributed by atoms with Gasteiger partial charge in [0.25, 0.3) is 0 Å². The zero-order chi connectivity index (χ0) is 21.1. The van der Waals surface area contributed by atoms with Crippen LogP contribution in [0.15, 0.2) is 91.0 Å². The monoisotopic (exact) mass is 534 g/mol. The molecule has 3 aromatic carbocycles. The molecule has 0 aliphatic heterocycles. The summed E-state index contributed by atoms with van der Waals surface area (Å²) in [6.45, 7) is 5.67. The van der Waals surface area contributed by atoms with Crippen LogP contribution in [0.25, 0.3) is 0 Å². The van der Waals surface area contributed by atoms with Crippen LogP contribution in [0.2, 0.25) is 0 Å². The van der Waals surface area contributed by atoms with Crippen LogP contribution in [0.5, 0.6) is 0 Å². The molecule has 0 aromatic heterocycles. The molecule has 2 nitrogen and oxygen atoms in total. The van der Waals surface area contributed by atoms with Gasteiger partial charge >= 0.3 is 190 Å². The number of halogens is 2. The van der Waals surface area contributed by atoms with E-state index >= 15 is 0 Å². The van der Waals surface area contributed by atoms with Gasteiger partial charge in [0.15, 0.2) is 0 Å². The maximum atomic E-state index is 13.5. The molecule has 0 saturated heterocycles. The Morgan fingerprint density at radius 1 is 0.759 bits per heavy atom. The van der Waals surface area contributed by atoms with Gasteiger partial charge in [-0.25, -0.2) is 0 Å². The van der Waals surface area contributed by atoms with Crippen molar-refractivity contribution in [3.05, 3.63) is 91.0 Å². The first-order valence-corrected chi connectivity index (χ1v) is 14.7. The molecular formula is C24H25Br2O2P. The predicted molar refractivity (Wildman–Crippen MR) is 133 cm³/mol. The zero-order valence-electron chi connectivity index (χ0n) is 16.8. The van der Waals surface area contributed by atoms with Crippen molar-refractivity contribution in [3.8, 4) is 0 Å². The van der Waals surface area contributed by atoms with E-state index in [0.717, 1.165) is 15.9 Å². The number of rotatable bonds is 5. The number of carbonyl (C=O) groups is 1. The molecule has 0 amide bonds. The maximum absolute atomic E-state index is 13.5. The Kier molecular flexibility index (Phi) is 6.38. The number of benzene rings is 3. The molecule has 0 N–H and O–H groups in total. The van der Waals surface area contributed by atoms with E-state index in [2.05, 4.69) is 67.8 Å². The van der Waals surface area contributed by atoms with Crippen LogP contribution in [0.1, 0.15) is 20.8 Å². The molecule has 0 heterocycles. The molecule has 0 spiro atoms. The Bertz CT molecular complexity index is 871. The zero-order valence-corrected chi connectivity index (χ0v) is 20.8. The van der Waals surface area contributed by atoms with E-state index in [0.29, 0.717) is 0 Å². The fraction of sp³-hybridized carbons (Fsp3) is 0.208. The van der Waals surface area contributed by atoms with Crippen molar-refractivity contribution in [2.75, 3.05) is 0 Å². The minimum absolute atomic E-state index is 0.288. The first-order valence-electron chi connectivity index (χ1n) is 9.45. The summed E-state index contributed by atoms with van der Waals surface area (Å²) in [5.41, 5.74) is -0.588. The van der Waals surface area contributed by atoms with E-state index in [1.807, 2.05) is 75.4 Å². The van der Waals surface area contributed by atoms with Crippen molar-refractivity contribution in [2.24, 2.45) is 0 Å². The summed E-state index contributed by atoms with van der Waals surface area (Å²) < 4.78 is 5.24. The van der Waals surface area contributed by atoms with Crippen LogP contribution in [0.3, 0.4) is 0 Å². The topological polar surface area (TPSA) is 26.3 Å². The predicted octanol–water partition coefficient (Wildman–Crippen LogP) is 5.89. The number of carbonyl (C=O) groups excluding carboxylic acids is 1. The Labute approximate surface area is 189 Å². The second-order valence-electron chi connectivity index (χ2n) is 7.95. The Morgan fingerprint density at radius 2 is 1.07 bits per heavy atom. The first-order chi connectivity index (χ1) is 13.7. The standard InChI is InChI=1S/C24H25Br2O2P/c1-24(2,3)28-23(27)22(25)29(26,19-13-7-4-8-14-19,20-15-9-5-10-16-20)21-17-11-6-12-18-21/h4-18,22H,1-3H3. The number of esters is 1. The summed E-state index contributed by atoms with van der Waals surface area (Å²) >= 11 is 8.10. The van der Waals surface area contributed by atoms with Gasteiger partial charge in [0.05, 0.1) is 0 Å². The van der Waals surface area contributed by atoms with E-state index in [4.69, 9.17) is 4.74 Å². The van der Waals surface area contributed by atoms with Crippen LogP contribution < -0.4 is 15.9 Å². The molecule has 29 heavy (non-hydrogen) atoms. The molecule has 0 bridgehead atoms. The third-order valence-corrected chi connectivity index (χ3v) is 19.2. The molecule has 0 aliphatic rings. The third-order valence-electron chi connectivity index (χ3n) is 4.81. The van der Waals surface area contributed by atoms with E-state index in [1.165, 1.54) is 0 Å². The molecule has 152 valence electrons. The Morgan fingerprint density at radius 3 is 1.34 bits per heavy atom. The van der Waals surface area contributed by atoms with Gasteiger partial charge in [0.2, 0.25) is 0 Å². The number of alkyl halides is 1. The molecule has 3 rings (SSSR count). The van der Waals surface area contributed by atoms with Crippen LogP contribution in [0.4, 0.5) is 0 Å². The number of hydrogen-bond donors (Lipinski definition) is 0. The fourth-order valence-corrected chi connectivity index (χ4v) is 12.8. The average molecular weight is 536 g/mol. The van der Waals surface area contributed by atoms with Crippen molar-refractivity contribution in [2.45, 2.75) is 30.9 Å². The molecular weight excluding hydrogens is 511 g/mol. The van der Waals surface area contributed by atoms with Crippen LogP contribution in [-0.4, -0.2) is 16.1 Å². The number of ether oxygens (including phenoxy) is 1. The second-order valence-corrected chi connectivity index (χ2v) is 18.2. The summed E-state index contributed by atoms with van der Waals surface area (Å²) in [6, 6.07) is 30.6. The summed E-state index contributed by atoms with van der Waals surface area (Å²) in [5, 5.41) is -0.279. The molecule has 0 radical (unpaired) electrons. The van der Waals surface area contributed by atoms with Gasteiger partial charge in [0.1, 0.15) is 0 Å². The Hall–Kier alpha value is -1.48. The third kappa shape index (κ3) is 3.95. The summed E-state index contributed by atoms with van der Waals surface area (Å²) in [4.78, 5) is 13.5. The van der Waals surface area contributed by atoms with Gasteiger partial charge in [-0.15, -0.1) is 0 Å². The number of hydrogen-bond acceptors (Lipinski definition) is 2.